The quantitative estimate of drug-likeness (QED) is 0.557. The Kier molecular flexibility index (Phi) is 5.00. The van der Waals surface area contributed by atoms with Crippen LogP contribution in [0.15, 0.2) is 59.6 Å². The second kappa shape index (κ2) is 7.55. The average Bonchev–Trinajstić information content (AvgIpc) is 3.29. The van der Waals surface area contributed by atoms with E-state index in [1.165, 1.54) is 4.88 Å². The van der Waals surface area contributed by atoms with Crippen molar-refractivity contribution < 1.29 is 0 Å². The zero-order valence-electron chi connectivity index (χ0n) is 12.8. The van der Waals surface area contributed by atoms with Crippen molar-refractivity contribution in [3.63, 3.8) is 0 Å². The molecule has 6 nitrogen and oxygen atoms in total. The Morgan fingerprint density at radius 3 is 2.83 bits per heavy atom. The van der Waals surface area contributed by atoms with E-state index in [4.69, 9.17) is 0 Å². The third kappa shape index (κ3) is 4.17. The Bertz CT molecular complexity index is 731. The number of thiophene rings is 1. The van der Waals surface area contributed by atoms with E-state index in [-0.39, 0.29) is 0 Å². The first-order valence-electron chi connectivity index (χ1n) is 7.25. The highest BCUT2D eigenvalue weighted by molar-refractivity contribution is 7.09. The molecule has 3 aromatic heterocycles. The number of hydrogen-bond acceptors (Lipinski definition) is 4. The molecule has 0 aromatic carbocycles. The fourth-order valence-corrected chi connectivity index (χ4v) is 2.70. The van der Waals surface area contributed by atoms with Crippen LogP contribution in [0, 0.1) is 0 Å². The number of guanidine groups is 1. The van der Waals surface area contributed by atoms with Crippen molar-refractivity contribution in [1.82, 2.24) is 25.2 Å². The average molecular weight is 326 g/mol. The van der Waals surface area contributed by atoms with Crippen LogP contribution < -0.4 is 10.6 Å². The van der Waals surface area contributed by atoms with Gasteiger partial charge in [0.25, 0.3) is 0 Å². The summed E-state index contributed by atoms with van der Waals surface area (Å²) in [7, 11) is 1.77. The third-order valence-electron chi connectivity index (χ3n) is 3.27. The van der Waals surface area contributed by atoms with E-state index in [1.807, 2.05) is 35.2 Å². The van der Waals surface area contributed by atoms with Gasteiger partial charge in [-0.2, -0.15) is 0 Å². The molecular formula is C16H18N6S. The summed E-state index contributed by atoms with van der Waals surface area (Å²) in [6, 6.07) is 8.16. The van der Waals surface area contributed by atoms with Gasteiger partial charge >= 0.3 is 0 Å². The normalized spacial score (nSPS) is 11.4. The van der Waals surface area contributed by atoms with E-state index in [2.05, 4.69) is 37.0 Å². The number of nitrogens with one attached hydrogen (secondary N) is 2. The van der Waals surface area contributed by atoms with Gasteiger partial charge in [0, 0.05) is 37.1 Å². The van der Waals surface area contributed by atoms with Crippen LogP contribution in [0.5, 0.6) is 0 Å². The van der Waals surface area contributed by atoms with Crippen molar-refractivity contribution in [1.29, 1.82) is 0 Å². The first-order valence-corrected chi connectivity index (χ1v) is 8.13. The zero-order valence-corrected chi connectivity index (χ0v) is 13.6. The Morgan fingerprint density at radius 2 is 2.17 bits per heavy atom. The molecule has 7 heteroatoms. The van der Waals surface area contributed by atoms with Gasteiger partial charge < -0.3 is 10.6 Å². The van der Waals surface area contributed by atoms with Crippen LogP contribution in [-0.4, -0.2) is 27.5 Å². The minimum Gasteiger partial charge on any atom is -0.352 e. The maximum atomic E-state index is 4.44. The SMILES string of the molecule is CN=C(NCc1ccc(-n2ccnc2)nc1)NCc1cccs1. The maximum Gasteiger partial charge on any atom is 0.191 e. The lowest BCUT2D eigenvalue weighted by molar-refractivity contribution is 0.811. The van der Waals surface area contributed by atoms with Crippen molar-refractivity contribution in [2.75, 3.05) is 7.05 Å². The molecule has 0 amide bonds. The van der Waals surface area contributed by atoms with Gasteiger partial charge in [0.05, 0.1) is 6.54 Å². The standard InChI is InChI=1S/C16H18N6S/c1-17-16(21-11-14-3-2-8-23-14)20-10-13-4-5-15(19-9-13)22-7-6-18-12-22/h2-9,12H,10-11H2,1H3,(H2,17,20,21). The molecular weight excluding hydrogens is 308 g/mol. The Hall–Kier alpha value is -2.67. The highest BCUT2D eigenvalue weighted by Gasteiger charge is 2.01. The van der Waals surface area contributed by atoms with Gasteiger partial charge in [-0.3, -0.25) is 9.56 Å². The molecule has 23 heavy (non-hydrogen) atoms. The van der Waals surface area contributed by atoms with Gasteiger partial charge in [0.1, 0.15) is 12.1 Å². The van der Waals surface area contributed by atoms with Gasteiger partial charge in [-0.25, -0.2) is 9.97 Å². The van der Waals surface area contributed by atoms with Crippen LogP contribution in [-0.2, 0) is 13.1 Å². The zero-order chi connectivity index (χ0) is 15.9. The molecule has 0 aliphatic heterocycles. The smallest absolute Gasteiger partial charge is 0.191 e. The lowest BCUT2D eigenvalue weighted by atomic mass is 10.3. The largest absolute Gasteiger partial charge is 0.352 e. The molecule has 2 N–H and O–H groups in total. The van der Waals surface area contributed by atoms with Crippen molar-refractivity contribution >= 4 is 17.3 Å². The number of hydrogen-bond donors (Lipinski definition) is 2. The lowest BCUT2D eigenvalue weighted by Gasteiger charge is -2.11. The monoisotopic (exact) mass is 326 g/mol. The van der Waals surface area contributed by atoms with Crippen LogP contribution in [0.3, 0.4) is 0 Å². The van der Waals surface area contributed by atoms with Crippen LogP contribution in [0.4, 0.5) is 0 Å². The van der Waals surface area contributed by atoms with E-state index in [9.17, 15) is 0 Å². The molecule has 0 aliphatic carbocycles. The second-order valence-corrected chi connectivity index (χ2v) is 5.89. The molecule has 0 unspecified atom stereocenters. The van der Waals surface area contributed by atoms with Gasteiger partial charge in [-0.1, -0.05) is 12.1 Å². The molecule has 0 atom stereocenters. The summed E-state index contributed by atoms with van der Waals surface area (Å²) < 4.78 is 1.87. The predicted molar refractivity (Wildman–Crippen MR) is 92.7 cm³/mol. The maximum absolute atomic E-state index is 4.44. The molecule has 0 aliphatic rings. The van der Waals surface area contributed by atoms with Gasteiger partial charge in [-0.05, 0) is 23.1 Å². The number of aromatic nitrogens is 3. The fraction of sp³-hybridized carbons (Fsp3) is 0.188. The van der Waals surface area contributed by atoms with Crippen molar-refractivity contribution in [2.24, 2.45) is 4.99 Å². The predicted octanol–water partition coefficient (Wildman–Crippen LogP) is 2.19. The van der Waals surface area contributed by atoms with Crippen LogP contribution >= 0.6 is 11.3 Å². The summed E-state index contributed by atoms with van der Waals surface area (Å²) in [6.07, 6.45) is 7.20. The second-order valence-electron chi connectivity index (χ2n) is 4.85. The summed E-state index contributed by atoms with van der Waals surface area (Å²) in [5.41, 5.74) is 1.09. The van der Waals surface area contributed by atoms with E-state index in [0.717, 1.165) is 23.9 Å². The van der Waals surface area contributed by atoms with Crippen molar-refractivity contribution in [3.8, 4) is 5.82 Å². The summed E-state index contributed by atoms with van der Waals surface area (Å²) in [6.45, 7) is 1.44. The Labute approximate surface area is 138 Å². The van der Waals surface area contributed by atoms with Gasteiger partial charge in [0.2, 0.25) is 0 Å². The van der Waals surface area contributed by atoms with E-state index >= 15 is 0 Å². The van der Waals surface area contributed by atoms with Crippen LogP contribution in [0.2, 0.25) is 0 Å². The minimum absolute atomic E-state index is 0.668. The molecule has 3 heterocycles. The van der Waals surface area contributed by atoms with Crippen molar-refractivity contribution in [3.05, 3.63) is 65.0 Å². The molecule has 3 rings (SSSR count). The third-order valence-corrected chi connectivity index (χ3v) is 4.15. The molecule has 0 saturated carbocycles. The van der Waals surface area contributed by atoms with E-state index < -0.39 is 0 Å². The van der Waals surface area contributed by atoms with E-state index in [0.29, 0.717) is 6.54 Å². The molecule has 0 spiro atoms. The number of nitrogens with zero attached hydrogens (tertiary/aromatic N) is 4. The topological polar surface area (TPSA) is 67.1 Å². The Balaban J connectivity index is 1.52. The molecule has 0 saturated heterocycles. The molecule has 0 bridgehead atoms. The molecule has 118 valence electrons. The van der Waals surface area contributed by atoms with Crippen LogP contribution in [0.25, 0.3) is 5.82 Å². The summed E-state index contributed by atoms with van der Waals surface area (Å²) in [5.74, 6) is 1.63. The molecule has 0 radical (unpaired) electrons. The number of pyridine rings is 1. The number of imidazole rings is 1. The van der Waals surface area contributed by atoms with Gasteiger partial charge in [-0.15, -0.1) is 11.3 Å². The van der Waals surface area contributed by atoms with E-state index in [1.54, 1.807) is 30.9 Å². The lowest BCUT2D eigenvalue weighted by Crippen LogP contribution is -2.36. The van der Waals surface area contributed by atoms with Crippen LogP contribution in [0.1, 0.15) is 10.4 Å². The first-order chi connectivity index (χ1) is 11.3. The van der Waals surface area contributed by atoms with Crippen molar-refractivity contribution in [2.45, 2.75) is 13.1 Å². The number of aliphatic imine (C=N–C) groups is 1. The fourth-order valence-electron chi connectivity index (χ4n) is 2.06. The summed E-state index contributed by atoms with van der Waals surface area (Å²) >= 11 is 1.73. The summed E-state index contributed by atoms with van der Waals surface area (Å²) in [5, 5.41) is 8.65. The Morgan fingerprint density at radius 1 is 1.26 bits per heavy atom. The highest BCUT2D eigenvalue weighted by atomic mass is 32.1. The minimum atomic E-state index is 0.668. The summed E-state index contributed by atoms with van der Waals surface area (Å²) in [4.78, 5) is 14.0. The molecule has 3 aromatic rings. The first kappa shape index (κ1) is 15.2. The highest BCUT2D eigenvalue weighted by Crippen LogP contribution is 2.07. The number of rotatable bonds is 5. The van der Waals surface area contributed by atoms with Gasteiger partial charge in [0.15, 0.2) is 5.96 Å². The molecule has 0 fully saturated rings.